The van der Waals surface area contributed by atoms with Crippen molar-refractivity contribution in [1.29, 1.82) is 0 Å². The number of amides is 1. The number of anilines is 1. The summed E-state index contributed by atoms with van der Waals surface area (Å²) >= 11 is 1.67. The smallest absolute Gasteiger partial charge is 0.255 e. The molecule has 0 fully saturated rings. The zero-order chi connectivity index (χ0) is 20.1. The number of aromatic amines is 1. The highest BCUT2D eigenvalue weighted by Crippen LogP contribution is 2.22. The van der Waals surface area contributed by atoms with E-state index in [1.165, 1.54) is 0 Å². The van der Waals surface area contributed by atoms with Crippen molar-refractivity contribution in [3.8, 4) is 11.4 Å². The number of aromatic nitrogens is 4. The molecule has 0 aliphatic rings. The number of nitrogens with zero attached hydrogens (tertiary/aromatic N) is 3. The highest BCUT2D eigenvalue weighted by molar-refractivity contribution is 7.98. The van der Waals surface area contributed by atoms with Crippen LogP contribution in [-0.4, -0.2) is 26.1 Å². The molecule has 2 aromatic carbocycles. The first kappa shape index (κ1) is 18.9. The monoisotopic (exact) mass is 401 g/mol. The van der Waals surface area contributed by atoms with E-state index in [4.69, 9.17) is 0 Å². The number of pyridine rings is 1. The lowest BCUT2D eigenvalue weighted by Crippen LogP contribution is -2.11. The highest BCUT2D eigenvalue weighted by atomic mass is 32.2. The van der Waals surface area contributed by atoms with Crippen LogP contribution >= 0.6 is 11.8 Å². The number of hydrogen-bond acceptors (Lipinski definition) is 5. The van der Waals surface area contributed by atoms with Crippen molar-refractivity contribution < 1.29 is 4.79 Å². The molecule has 7 heteroatoms. The topological polar surface area (TPSA) is 83.6 Å². The SMILES string of the molecule is Cc1nc(-c2cccc(NC(=O)c3ccc(CSc4ccccn4)cc3)c2)n[nH]1. The van der Waals surface area contributed by atoms with Gasteiger partial charge >= 0.3 is 0 Å². The summed E-state index contributed by atoms with van der Waals surface area (Å²) in [6.07, 6.45) is 1.79. The van der Waals surface area contributed by atoms with E-state index in [1.54, 1.807) is 18.0 Å². The summed E-state index contributed by atoms with van der Waals surface area (Å²) in [7, 11) is 0. The van der Waals surface area contributed by atoms with E-state index < -0.39 is 0 Å². The number of H-pyrrole nitrogens is 1. The van der Waals surface area contributed by atoms with Crippen molar-refractivity contribution in [2.45, 2.75) is 17.7 Å². The summed E-state index contributed by atoms with van der Waals surface area (Å²) < 4.78 is 0. The van der Waals surface area contributed by atoms with Gasteiger partial charge in [-0.3, -0.25) is 9.89 Å². The van der Waals surface area contributed by atoms with Gasteiger partial charge in [0.05, 0.1) is 5.03 Å². The lowest BCUT2D eigenvalue weighted by molar-refractivity contribution is 0.102. The average Bonchev–Trinajstić information content (AvgIpc) is 3.20. The summed E-state index contributed by atoms with van der Waals surface area (Å²) in [5.41, 5.74) is 3.29. The highest BCUT2D eigenvalue weighted by Gasteiger charge is 2.09. The first-order valence-electron chi connectivity index (χ1n) is 9.11. The maximum atomic E-state index is 12.6. The Labute approximate surface area is 172 Å². The molecule has 2 heterocycles. The molecule has 0 radical (unpaired) electrons. The Morgan fingerprint density at radius 3 is 2.66 bits per heavy atom. The number of carbonyl (C=O) groups is 1. The number of rotatable bonds is 6. The Bertz CT molecular complexity index is 1110. The molecule has 2 aromatic heterocycles. The third-order valence-corrected chi connectivity index (χ3v) is 5.23. The number of benzene rings is 2. The van der Waals surface area contributed by atoms with Gasteiger partial charge < -0.3 is 5.32 Å². The molecular formula is C22H19N5OS. The molecule has 0 unspecified atom stereocenters. The van der Waals surface area contributed by atoms with E-state index in [0.717, 1.165) is 27.7 Å². The van der Waals surface area contributed by atoms with E-state index in [9.17, 15) is 4.79 Å². The maximum absolute atomic E-state index is 12.6. The minimum Gasteiger partial charge on any atom is -0.322 e. The molecule has 1 amide bonds. The minimum atomic E-state index is -0.155. The van der Waals surface area contributed by atoms with Crippen molar-refractivity contribution >= 4 is 23.4 Å². The fourth-order valence-electron chi connectivity index (χ4n) is 2.75. The van der Waals surface area contributed by atoms with Gasteiger partial charge in [0.25, 0.3) is 5.91 Å². The van der Waals surface area contributed by atoms with Gasteiger partial charge in [-0.25, -0.2) is 9.97 Å². The molecule has 4 rings (SSSR count). The van der Waals surface area contributed by atoms with Crippen LogP contribution in [0.25, 0.3) is 11.4 Å². The van der Waals surface area contributed by atoms with E-state index in [1.807, 2.05) is 73.7 Å². The summed E-state index contributed by atoms with van der Waals surface area (Å²) in [5, 5.41) is 10.9. The van der Waals surface area contributed by atoms with Crippen molar-refractivity contribution in [3.63, 3.8) is 0 Å². The third kappa shape index (κ3) is 4.89. The number of hydrogen-bond donors (Lipinski definition) is 2. The summed E-state index contributed by atoms with van der Waals surface area (Å²) in [4.78, 5) is 21.2. The van der Waals surface area contributed by atoms with Gasteiger partial charge in [0.2, 0.25) is 0 Å². The first-order valence-corrected chi connectivity index (χ1v) is 10.1. The number of aryl methyl sites for hydroxylation is 1. The predicted molar refractivity (Wildman–Crippen MR) is 115 cm³/mol. The summed E-state index contributed by atoms with van der Waals surface area (Å²) in [5.74, 6) is 2.00. The van der Waals surface area contributed by atoms with Gasteiger partial charge in [-0.2, -0.15) is 5.10 Å². The first-order chi connectivity index (χ1) is 14.2. The van der Waals surface area contributed by atoms with Gasteiger partial charge in [0.1, 0.15) is 5.82 Å². The molecule has 144 valence electrons. The summed E-state index contributed by atoms with van der Waals surface area (Å²) in [6, 6.07) is 21.0. The molecule has 0 saturated carbocycles. The van der Waals surface area contributed by atoms with Crippen molar-refractivity contribution in [3.05, 3.63) is 89.9 Å². The van der Waals surface area contributed by atoms with E-state index in [2.05, 4.69) is 25.5 Å². The van der Waals surface area contributed by atoms with E-state index in [0.29, 0.717) is 17.1 Å². The van der Waals surface area contributed by atoms with Crippen LogP contribution in [0.15, 0.2) is 78.0 Å². The molecule has 0 bridgehead atoms. The lowest BCUT2D eigenvalue weighted by atomic mass is 10.1. The molecule has 0 atom stereocenters. The fraction of sp³-hybridized carbons (Fsp3) is 0.0909. The molecule has 4 aromatic rings. The van der Waals surface area contributed by atoms with Crippen LogP contribution in [0.3, 0.4) is 0 Å². The van der Waals surface area contributed by atoms with Crippen LogP contribution in [0.5, 0.6) is 0 Å². The van der Waals surface area contributed by atoms with Crippen LogP contribution in [0.4, 0.5) is 5.69 Å². The molecule has 0 saturated heterocycles. The zero-order valence-corrected chi connectivity index (χ0v) is 16.6. The third-order valence-electron chi connectivity index (χ3n) is 4.22. The van der Waals surface area contributed by atoms with Crippen LogP contribution in [0.2, 0.25) is 0 Å². The van der Waals surface area contributed by atoms with E-state index >= 15 is 0 Å². The van der Waals surface area contributed by atoms with Crippen LogP contribution in [0, 0.1) is 6.92 Å². The van der Waals surface area contributed by atoms with Crippen molar-refractivity contribution in [1.82, 2.24) is 20.2 Å². The average molecular weight is 401 g/mol. The lowest BCUT2D eigenvalue weighted by Gasteiger charge is -2.07. The second-order valence-corrected chi connectivity index (χ2v) is 7.43. The van der Waals surface area contributed by atoms with Crippen LogP contribution in [-0.2, 0) is 5.75 Å². The van der Waals surface area contributed by atoms with Crippen LogP contribution < -0.4 is 5.32 Å². The zero-order valence-electron chi connectivity index (χ0n) is 15.8. The Morgan fingerprint density at radius 2 is 1.93 bits per heavy atom. The Morgan fingerprint density at radius 1 is 1.07 bits per heavy atom. The largest absolute Gasteiger partial charge is 0.322 e. The molecule has 6 nitrogen and oxygen atoms in total. The van der Waals surface area contributed by atoms with Crippen molar-refractivity contribution in [2.24, 2.45) is 0 Å². The molecule has 29 heavy (non-hydrogen) atoms. The second-order valence-electron chi connectivity index (χ2n) is 6.43. The molecule has 0 aliphatic heterocycles. The van der Waals surface area contributed by atoms with Gasteiger partial charge in [-0.15, -0.1) is 11.8 Å². The summed E-state index contributed by atoms with van der Waals surface area (Å²) in [6.45, 7) is 1.85. The minimum absolute atomic E-state index is 0.155. The van der Waals surface area contributed by atoms with Crippen molar-refractivity contribution in [2.75, 3.05) is 5.32 Å². The van der Waals surface area contributed by atoms with Gasteiger partial charge in [0.15, 0.2) is 5.82 Å². The maximum Gasteiger partial charge on any atom is 0.255 e. The Hall–Kier alpha value is -3.45. The Balaban J connectivity index is 1.40. The number of thioether (sulfide) groups is 1. The second kappa shape index (κ2) is 8.70. The molecule has 2 N–H and O–H groups in total. The Kier molecular flexibility index (Phi) is 5.67. The van der Waals surface area contributed by atoms with Gasteiger partial charge in [0, 0.05) is 28.8 Å². The quantitative estimate of drug-likeness (QED) is 0.457. The number of nitrogens with one attached hydrogen (secondary N) is 2. The standard InChI is InChI=1S/C22H19N5OS/c1-15-24-21(27-26-15)18-5-4-6-19(13-18)25-22(28)17-10-8-16(9-11-17)14-29-20-7-2-3-12-23-20/h2-13H,14H2,1H3,(H,25,28)(H,24,26,27). The molecule has 0 spiro atoms. The van der Waals surface area contributed by atoms with Gasteiger partial charge in [-0.1, -0.05) is 30.3 Å². The molecule has 0 aliphatic carbocycles. The predicted octanol–water partition coefficient (Wildman–Crippen LogP) is 4.72. The number of carbonyl (C=O) groups excluding carboxylic acids is 1. The molecular weight excluding hydrogens is 382 g/mol. The van der Waals surface area contributed by atoms with Gasteiger partial charge in [-0.05, 0) is 48.9 Å². The van der Waals surface area contributed by atoms with Crippen LogP contribution in [0.1, 0.15) is 21.7 Å². The van der Waals surface area contributed by atoms with E-state index in [-0.39, 0.29) is 5.91 Å². The normalized spacial score (nSPS) is 10.7. The fourth-order valence-corrected chi connectivity index (χ4v) is 3.57.